The van der Waals surface area contributed by atoms with Gasteiger partial charge in [-0.05, 0) is 42.3 Å². The van der Waals surface area contributed by atoms with E-state index in [-0.39, 0.29) is 12.5 Å². The van der Waals surface area contributed by atoms with E-state index in [9.17, 15) is 9.18 Å². The molecule has 10 heteroatoms. The summed E-state index contributed by atoms with van der Waals surface area (Å²) in [6.45, 7) is 1.17. The van der Waals surface area contributed by atoms with Crippen LogP contribution in [0, 0.1) is 0 Å². The fourth-order valence-corrected chi connectivity index (χ4v) is 4.79. The first-order valence-electron chi connectivity index (χ1n) is 11.2. The van der Waals surface area contributed by atoms with Gasteiger partial charge in [0.15, 0.2) is 5.82 Å². The van der Waals surface area contributed by atoms with Gasteiger partial charge in [0, 0.05) is 44.7 Å². The van der Waals surface area contributed by atoms with E-state index in [2.05, 4.69) is 9.55 Å². The predicted octanol–water partition coefficient (Wildman–Crippen LogP) is 3.18. The number of ether oxygens (including phenoxy) is 1. The summed E-state index contributed by atoms with van der Waals surface area (Å²) in [7, 11) is 3.62. The van der Waals surface area contributed by atoms with Crippen molar-refractivity contribution >= 4 is 39.6 Å². The van der Waals surface area contributed by atoms with Crippen LogP contribution in [-0.4, -0.2) is 69.4 Å². The minimum Gasteiger partial charge on any atom is -0.383 e. The first kappa shape index (κ1) is 22.8. The van der Waals surface area contributed by atoms with E-state index in [4.69, 9.17) is 27.1 Å². The lowest BCUT2D eigenvalue weighted by molar-refractivity contribution is 0.0725. The number of carbonyl (C=O) groups is 1. The molecule has 1 aromatic carbocycles. The Morgan fingerprint density at radius 1 is 1.26 bits per heavy atom. The third-order valence-electron chi connectivity index (χ3n) is 6.39. The lowest BCUT2D eigenvalue weighted by Gasteiger charge is -2.30. The molecule has 0 spiro atoms. The molecule has 4 heterocycles. The van der Waals surface area contributed by atoms with E-state index in [1.165, 1.54) is 0 Å². The normalized spacial score (nSPS) is 14.9. The number of aromatic nitrogens is 4. The number of fused-ring (bicyclic) bond motifs is 3. The molecule has 0 fully saturated rings. The smallest absolute Gasteiger partial charge is 0.254 e. The Morgan fingerprint density at radius 3 is 2.85 bits per heavy atom. The number of methoxy groups -OCH3 is 1. The summed E-state index contributed by atoms with van der Waals surface area (Å²) in [6, 6.07) is 8.94. The van der Waals surface area contributed by atoms with E-state index in [0.717, 1.165) is 39.1 Å². The second-order valence-corrected chi connectivity index (χ2v) is 9.02. The van der Waals surface area contributed by atoms with Crippen molar-refractivity contribution in [2.75, 3.05) is 33.5 Å². The van der Waals surface area contributed by atoms with Crippen molar-refractivity contribution in [2.45, 2.75) is 19.0 Å². The van der Waals surface area contributed by atoms with E-state index in [1.54, 1.807) is 18.1 Å². The number of nitrogens with two attached hydrogens (primary N) is 1. The second-order valence-electron chi connectivity index (χ2n) is 8.63. The van der Waals surface area contributed by atoms with Gasteiger partial charge in [0.25, 0.3) is 5.91 Å². The summed E-state index contributed by atoms with van der Waals surface area (Å²) < 4.78 is 22.3. The van der Waals surface area contributed by atoms with Crippen molar-refractivity contribution in [2.24, 2.45) is 12.8 Å². The van der Waals surface area contributed by atoms with E-state index in [0.29, 0.717) is 36.8 Å². The van der Waals surface area contributed by atoms with Crippen LogP contribution in [0.25, 0.3) is 33.6 Å². The van der Waals surface area contributed by atoms with Crippen LogP contribution in [0.1, 0.15) is 15.9 Å². The fraction of sp³-hybridized carbons (Fsp3) is 0.375. The summed E-state index contributed by atoms with van der Waals surface area (Å²) in [4.78, 5) is 24.1. The molecule has 0 saturated carbocycles. The van der Waals surface area contributed by atoms with Gasteiger partial charge in [0.2, 0.25) is 0 Å². The van der Waals surface area contributed by atoms with Crippen LogP contribution >= 0.6 is 11.6 Å². The van der Waals surface area contributed by atoms with Gasteiger partial charge in [0.1, 0.15) is 17.5 Å². The predicted molar refractivity (Wildman–Crippen MR) is 130 cm³/mol. The zero-order valence-electron chi connectivity index (χ0n) is 19.1. The molecule has 0 aliphatic carbocycles. The number of nitrogens with zero attached hydrogens (tertiary/aromatic N) is 5. The lowest BCUT2D eigenvalue weighted by atomic mass is 9.97. The van der Waals surface area contributed by atoms with Gasteiger partial charge in [-0.15, -0.1) is 0 Å². The summed E-state index contributed by atoms with van der Waals surface area (Å²) >= 11 is 6.17. The number of aryl methyl sites for hydroxylation is 1. The number of alkyl halides is 1. The van der Waals surface area contributed by atoms with Gasteiger partial charge in [-0.1, -0.05) is 11.6 Å². The maximum Gasteiger partial charge on any atom is 0.254 e. The second kappa shape index (κ2) is 8.98. The van der Waals surface area contributed by atoms with Crippen molar-refractivity contribution in [3.63, 3.8) is 0 Å². The number of imidazole rings is 1. The Hall–Kier alpha value is -3.01. The zero-order chi connectivity index (χ0) is 24.0. The molecule has 1 aliphatic heterocycles. The molecule has 2 N–H and O–H groups in total. The first-order valence-corrected chi connectivity index (χ1v) is 11.5. The van der Waals surface area contributed by atoms with Gasteiger partial charge in [-0.25, -0.2) is 14.4 Å². The van der Waals surface area contributed by atoms with Crippen LogP contribution in [0.15, 0.2) is 30.3 Å². The number of benzene rings is 1. The Kier molecular flexibility index (Phi) is 6.01. The minimum absolute atomic E-state index is 0.132. The molecule has 5 rings (SSSR count). The van der Waals surface area contributed by atoms with Gasteiger partial charge in [-0.3, -0.25) is 4.79 Å². The molecular formula is C24H26ClFN6O2. The Labute approximate surface area is 201 Å². The van der Waals surface area contributed by atoms with Gasteiger partial charge >= 0.3 is 0 Å². The molecule has 1 amide bonds. The van der Waals surface area contributed by atoms with E-state index < -0.39 is 12.7 Å². The highest BCUT2D eigenvalue weighted by Gasteiger charge is 2.27. The average molecular weight is 485 g/mol. The number of carbonyl (C=O) groups excluding carboxylic acids is 1. The molecule has 8 nitrogen and oxygen atoms in total. The van der Waals surface area contributed by atoms with Crippen LogP contribution in [0.4, 0.5) is 4.39 Å². The highest BCUT2D eigenvalue weighted by atomic mass is 35.5. The number of pyridine rings is 1. The van der Waals surface area contributed by atoms with Gasteiger partial charge < -0.3 is 24.5 Å². The molecule has 178 valence electrons. The molecule has 4 aromatic rings. The molecular weight excluding hydrogens is 459 g/mol. The summed E-state index contributed by atoms with van der Waals surface area (Å²) in [6.07, 6.45) is 0.688. The van der Waals surface area contributed by atoms with Crippen LogP contribution in [-0.2, 0) is 24.8 Å². The molecule has 0 bridgehead atoms. The van der Waals surface area contributed by atoms with E-state index >= 15 is 0 Å². The number of rotatable bonds is 7. The number of halogens is 2. The van der Waals surface area contributed by atoms with E-state index in [1.807, 2.05) is 35.9 Å². The highest BCUT2D eigenvalue weighted by molar-refractivity contribution is 6.29. The lowest BCUT2D eigenvalue weighted by Crippen LogP contribution is -2.45. The van der Waals surface area contributed by atoms with Crippen LogP contribution in [0.3, 0.4) is 0 Å². The maximum atomic E-state index is 13.1. The van der Waals surface area contributed by atoms with Gasteiger partial charge in [0.05, 0.1) is 29.4 Å². The third kappa shape index (κ3) is 3.83. The highest BCUT2D eigenvalue weighted by Crippen LogP contribution is 2.32. The van der Waals surface area contributed by atoms with Gasteiger partial charge in [-0.2, -0.15) is 0 Å². The Bertz CT molecular complexity index is 1400. The van der Waals surface area contributed by atoms with Crippen LogP contribution in [0.2, 0.25) is 5.15 Å². The van der Waals surface area contributed by atoms with Crippen LogP contribution in [0.5, 0.6) is 0 Å². The topological polar surface area (TPSA) is 91.2 Å². The molecule has 3 aromatic heterocycles. The zero-order valence-corrected chi connectivity index (χ0v) is 19.8. The van der Waals surface area contributed by atoms with Crippen molar-refractivity contribution < 1.29 is 13.9 Å². The van der Waals surface area contributed by atoms with Crippen molar-refractivity contribution in [3.05, 3.63) is 46.6 Å². The molecule has 1 aliphatic rings. The molecule has 1 unspecified atom stereocenters. The number of hydrogen-bond donors (Lipinski definition) is 1. The van der Waals surface area contributed by atoms with Crippen molar-refractivity contribution in [1.82, 2.24) is 24.0 Å². The fourth-order valence-electron chi connectivity index (χ4n) is 4.65. The summed E-state index contributed by atoms with van der Waals surface area (Å²) in [5.74, 6) is 0.624. The molecule has 0 saturated heterocycles. The Morgan fingerprint density at radius 2 is 2.09 bits per heavy atom. The monoisotopic (exact) mass is 484 g/mol. The maximum absolute atomic E-state index is 13.1. The largest absolute Gasteiger partial charge is 0.383 e. The SMILES string of the molecule is COCCn1c(-c2nc3cc4c(cc3n2C)CCN(CC(N)CF)C4=O)cc2ccc(Cl)nc21. The average Bonchev–Trinajstić information content (AvgIpc) is 3.35. The Balaban J connectivity index is 1.61. The van der Waals surface area contributed by atoms with Crippen LogP contribution < -0.4 is 5.73 Å². The first-order chi connectivity index (χ1) is 16.4. The van der Waals surface area contributed by atoms with Crippen molar-refractivity contribution in [1.29, 1.82) is 0 Å². The summed E-state index contributed by atoms with van der Waals surface area (Å²) in [5.41, 5.74) is 10.6. The number of amides is 1. The number of hydrogen-bond acceptors (Lipinski definition) is 5. The quantitative estimate of drug-likeness (QED) is 0.407. The molecule has 0 radical (unpaired) electrons. The molecule has 34 heavy (non-hydrogen) atoms. The standard InChI is InChI=1S/C24H26ClFN6O2/c1-30-19-9-14-5-6-31(13-16(27)12-26)24(33)17(14)11-18(19)28-23(30)20-10-15-3-4-21(25)29-22(15)32(20)7-8-34-2/h3-4,9-11,16H,5-8,12-13,27H2,1-2H3. The summed E-state index contributed by atoms with van der Waals surface area (Å²) in [5, 5.41) is 1.38. The third-order valence-corrected chi connectivity index (χ3v) is 6.60. The molecule has 1 atom stereocenters. The van der Waals surface area contributed by atoms with Crippen molar-refractivity contribution in [3.8, 4) is 11.5 Å². The minimum atomic E-state index is -0.674.